The minimum atomic E-state index is 0.0937. The van der Waals surface area contributed by atoms with E-state index in [2.05, 4.69) is 35.4 Å². The van der Waals surface area contributed by atoms with E-state index in [0.29, 0.717) is 0 Å². The van der Waals surface area contributed by atoms with E-state index in [-0.39, 0.29) is 6.04 Å². The molecular weight excluding hydrogens is 264 g/mol. The average molecular weight is 288 g/mol. The lowest BCUT2D eigenvalue weighted by atomic mass is 9.99. The SMILES string of the molecule is CCCNC(c1cncc(OC)c1)c1cn(C)nc1CC. The van der Waals surface area contributed by atoms with Crippen LogP contribution in [-0.4, -0.2) is 28.4 Å². The molecule has 2 aromatic rings. The van der Waals surface area contributed by atoms with E-state index in [4.69, 9.17) is 4.74 Å². The first-order valence-electron chi connectivity index (χ1n) is 7.44. The summed E-state index contributed by atoms with van der Waals surface area (Å²) in [6.45, 7) is 5.24. The van der Waals surface area contributed by atoms with Crippen molar-refractivity contribution >= 4 is 0 Å². The first-order chi connectivity index (χ1) is 10.2. The Morgan fingerprint density at radius 3 is 2.81 bits per heavy atom. The number of methoxy groups -OCH3 is 1. The number of pyridine rings is 1. The maximum Gasteiger partial charge on any atom is 0.137 e. The standard InChI is InChI=1S/C16H24N4O/c1-5-7-18-16(12-8-13(21-4)10-17-9-12)14-11-20(3)19-15(14)6-2/h8-11,16,18H,5-7H2,1-4H3. The summed E-state index contributed by atoms with van der Waals surface area (Å²) in [4.78, 5) is 4.28. The minimum absolute atomic E-state index is 0.0937. The van der Waals surface area contributed by atoms with Crippen molar-refractivity contribution in [3.63, 3.8) is 0 Å². The normalized spacial score (nSPS) is 12.4. The van der Waals surface area contributed by atoms with E-state index in [0.717, 1.165) is 36.4 Å². The van der Waals surface area contributed by atoms with E-state index in [1.807, 2.05) is 24.0 Å². The molecule has 21 heavy (non-hydrogen) atoms. The van der Waals surface area contributed by atoms with Gasteiger partial charge in [0.25, 0.3) is 0 Å². The zero-order valence-electron chi connectivity index (χ0n) is 13.3. The van der Waals surface area contributed by atoms with Crippen molar-refractivity contribution in [2.24, 2.45) is 7.05 Å². The first kappa shape index (κ1) is 15.5. The number of hydrogen-bond donors (Lipinski definition) is 1. The van der Waals surface area contributed by atoms with E-state index in [1.165, 1.54) is 5.56 Å². The maximum atomic E-state index is 5.30. The summed E-state index contributed by atoms with van der Waals surface area (Å²) in [7, 11) is 3.63. The van der Waals surface area contributed by atoms with Crippen LogP contribution in [0.15, 0.2) is 24.7 Å². The first-order valence-corrected chi connectivity index (χ1v) is 7.44. The van der Waals surface area contributed by atoms with Gasteiger partial charge < -0.3 is 10.1 Å². The molecule has 0 fully saturated rings. The highest BCUT2D eigenvalue weighted by Gasteiger charge is 2.20. The van der Waals surface area contributed by atoms with Crippen molar-refractivity contribution in [1.82, 2.24) is 20.1 Å². The third kappa shape index (κ3) is 3.61. The third-order valence-corrected chi connectivity index (χ3v) is 3.49. The molecule has 0 aromatic carbocycles. The van der Waals surface area contributed by atoms with Crippen LogP contribution >= 0.6 is 0 Å². The predicted octanol–water partition coefficient (Wildman–Crippen LogP) is 2.48. The zero-order chi connectivity index (χ0) is 15.2. The predicted molar refractivity (Wildman–Crippen MR) is 83.5 cm³/mol. The highest BCUT2D eigenvalue weighted by atomic mass is 16.5. The Hall–Kier alpha value is -1.88. The molecule has 0 saturated heterocycles. The van der Waals surface area contributed by atoms with Gasteiger partial charge in [-0.15, -0.1) is 0 Å². The van der Waals surface area contributed by atoms with Gasteiger partial charge in [-0.3, -0.25) is 9.67 Å². The molecule has 5 nitrogen and oxygen atoms in total. The molecule has 0 amide bonds. The molecule has 0 saturated carbocycles. The Labute approximate surface area is 126 Å². The van der Waals surface area contributed by atoms with Crippen LogP contribution < -0.4 is 10.1 Å². The molecule has 0 aliphatic rings. The molecule has 2 rings (SSSR count). The molecular formula is C16H24N4O. The highest BCUT2D eigenvalue weighted by Crippen LogP contribution is 2.26. The molecule has 0 aliphatic carbocycles. The van der Waals surface area contributed by atoms with E-state index < -0.39 is 0 Å². The van der Waals surface area contributed by atoms with Crippen molar-refractivity contribution in [3.05, 3.63) is 41.5 Å². The molecule has 1 atom stereocenters. The molecule has 0 bridgehead atoms. The van der Waals surface area contributed by atoms with Crippen molar-refractivity contribution in [1.29, 1.82) is 0 Å². The number of hydrogen-bond acceptors (Lipinski definition) is 4. The molecule has 2 heterocycles. The summed E-state index contributed by atoms with van der Waals surface area (Å²) in [5.74, 6) is 0.776. The van der Waals surface area contributed by atoms with Gasteiger partial charge in [0.1, 0.15) is 5.75 Å². The van der Waals surface area contributed by atoms with Crippen LogP contribution in [0.3, 0.4) is 0 Å². The zero-order valence-corrected chi connectivity index (χ0v) is 13.3. The Bertz CT molecular complexity index is 579. The third-order valence-electron chi connectivity index (χ3n) is 3.49. The van der Waals surface area contributed by atoms with E-state index in [1.54, 1.807) is 13.3 Å². The summed E-state index contributed by atoms with van der Waals surface area (Å²) in [5.41, 5.74) is 3.43. The van der Waals surface area contributed by atoms with Crippen LogP contribution in [0.5, 0.6) is 5.75 Å². The van der Waals surface area contributed by atoms with Crippen molar-refractivity contribution in [3.8, 4) is 5.75 Å². The Balaban J connectivity index is 2.41. The number of rotatable bonds is 7. The van der Waals surface area contributed by atoms with Crippen LogP contribution in [0, 0.1) is 0 Å². The summed E-state index contributed by atoms with van der Waals surface area (Å²) in [6, 6.07) is 2.13. The molecule has 1 unspecified atom stereocenters. The fraction of sp³-hybridized carbons (Fsp3) is 0.500. The van der Waals surface area contributed by atoms with Gasteiger partial charge in [0, 0.05) is 25.0 Å². The molecule has 114 valence electrons. The van der Waals surface area contributed by atoms with Gasteiger partial charge in [-0.1, -0.05) is 13.8 Å². The van der Waals surface area contributed by atoms with Crippen LogP contribution in [0.4, 0.5) is 0 Å². The van der Waals surface area contributed by atoms with Crippen LogP contribution in [0.2, 0.25) is 0 Å². The lowest BCUT2D eigenvalue weighted by Crippen LogP contribution is -2.24. The molecule has 5 heteroatoms. The van der Waals surface area contributed by atoms with E-state index >= 15 is 0 Å². The smallest absolute Gasteiger partial charge is 0.137 e. The fourth-order valence-corrected chi connectivity index (χ4v) is 2.47. The second kappa shape index (κ2) is 7.22. The van der Waals surface area contributed by atoms with Crippen molar-refractivity contribution in [2.75, 3.05) is 13.7 Å². The Kier molecular flexibility index (Phi) is 5.33. The molecule has 1 N–H and O–H groups in total. The Morgan fingerprint density at radius 1 is 1.33 bits per heavy atom. The largest absolute Gasteiger partial charge is 0.495 e. The van der Waals surface area contributed by atoms with Crippen LogP contribution in [0.25, 0.3) is 0 Å². The topological polar surface area (TPSA) is 52.0 Å². The van der Waals surface area contributed by atoms with Crippen LogP contribution in [0.1, 0.15) is 43.1 Å². The number of ether oxygens (including phenoxy) is 1. The second-order valence-corrected chi connectivity index (χ2v) is 5.10. The fourth-order valence-electron chi connectivity index (χ4n) is 2.47. The lowest BCUT2D eigenvalue weighted by molar-refractivity contribution is 0.411. The summed E-state index contributed by atoms with van der Waals surface area (Å²) in [6.07, 6.45) is 7.70. The van der Waals surface area contributed by atoms with Gasteiger partial charge in [0.2, 0.25) is 0 Å². The molecule has 2 aromatic heterocycles. The van der Waals surface area contributed by atoms with Crippen molar-refractivity contribution < 1.29 is 4.74 Å². The van der Waals surface area contributed by atoms with Crippen LogP contribution in [-0.2, 0) is 13.5 Å². The Morgan fingerprint density at radius 2 is 2.14 bits per heavy atom. The summed E-state index contributed by atoms with van der Waals surface area (Å²) in [5, 5.41) is 8.14. The monoisotopic (exact) mass is 288 g/mol. The second-order valence-electron chi connectivity index (χ2n) is 5.10. The lowest BCUT2D eigenvalue weighted by Gasteiger charge is -2.19. The number of aromatic nitrogens is 3. The molecule has 0 radical (unpaired) electrons. The van der Waals surface area contributed by atoms with E-state index in [9.17, 15) is 0 Å². The quantitative estimate of drug-likeness (QED) is 0.850. The van der Waals surface area contributed by atoms with Gasteiger partial charge in [-0.25, -0.2) is 0 Å². The number of nitrogens with one attached hydrogen (secondary N) is 1. The van der Waals surface area contributed by atoms with Gasteiger partial charge in [0.05, 0.1) is 25.0 Å². The molecule has 0 spiro atoms. The summed E-state index contributed by atoms with van der Waals surface area (Å²) >= 11 is 0. The minimum Gasteiger partial charge on any atom is -0.495 e. The summed E-state index contributed by atoms with van der Waals surface area (Å²) < 4.78 is 7.17. The van der Waals surface area contributed by atoms with Gasteiger partial charge >= 0.3 is 0 Å². The number of nitrogens with zero attached hydrogens (tertiary/aromatic N) is 3. The molecule has 0 aliphatic heterocycles. The van der Waals surface area contributed by atoms with Gasteiger partial charge in [0.15, 0.2) is 0 Å². The highest BCUT2D eigenvalue weighted by molar-refractivity contribution is 5.35. The van der Waals surface area contributed by atoms with Gasteiger partial charge in [-0.2, -0.15) is 5.10 Å². The van der Waals surface area contributed by atoms with Gasteiger partial charge in [-0.05, 0) is 31.0 Å². The average Bonchev–Trinajstić information content (AvgIpc) is 2.89. The van der Waals surface area contributed by atoms with Crippen molar-refractivity contribution in [2.45, 2.75) is 32.7 Å². The number of aryl methyl sites for hydroxylation is 2. The maximum absolute atomic E-state index is 5.30.